The third-order valence-corrected chi connectivity index (χ3v) is 3.88. The van der Waals surface area contributed by atoms with E-state index in [2.05, 4.69) is 10.6 Å². The van der Waals surface area contributed by atoms with Crippen LogP contribution in [0.5, 0.6) is 11.5 Å². The number of rotatable bonds is 7. The van der Waals surface area contributed by atoms with Crippen LogP contribution in [0.1, 0.15) is 18.4 Å². The van der Waals surface area contributed by atoms with Crippen LogP contribution in [0.15, 0.2) is 48.5 Å². The van der Waals surface area contributed by atoms with Crippen molar-refractivity contribution in [2.24, 2.45) is 5.92 Å². The first-order valence-electron chi connectivity index (χ1n) is 8.18. The first kappa shape index (κ1) is 17.0. The van der Waals surface area contributed by atoms with E-state index in [-0.39, 0.29) is 36.6 Å². The van der Waals surface area contributed by atoms with Gasteiger partial charge in [0.2, 0.25) is 11.8 Å². The molecular formula is C19H19FN2O3. The SMILES string of the molecule is O=C(CNC(=O)C1CC1)NCc1ccccc1Oc1ccccc1F. The van der Waals surface area contributed by atoms with Gasteiger partial charge >= 0.3 is 0 Å². The molecule has 0 heterocycles. The molecule has 0 aliphatic heterocycles. The second-order valence-corrected chi connectivity index (χ2v) is 5.91. The van der Waals surface area contributed by atoms with Crippen molar-refractivity contribution in [1.82, 2.24) is 10.6 Å². The summed E-state index contributed by atoms with van der Waals surface area (Å²) in [5.41, 5.74) is 0.715. The van der Waals surface area contributed by atoms with Crippen LogP contribution in [0.25, 0.3) is 0 Å². The molecule has 0 bridgehead atoms. The molecule has 6 heteroatoms. The molecule has 2 N–H and O–H groups in total. The Balaban J connectivity index is 1.56. The Bertz CT molecular complexity index is 775. The van der Waals surface area contributed by atoms with Crippen molar-refractivity contribution in [2.75, 3.05) is 6.54 Å². The van der Waals surface area contributed by atoms with Gasteiger partial charge in [0, 0.05) is 18.0 Å². The van der Waals surface area contributed by atoms with Crippen LogP contribution < -0.4 is 15.4 Å². The number of hydrogen-bond acceptors (Lipinski definition) is 3. The summed E-state index contributed by atoms with van der Waals surface area (Å²) in [6, 6.07) is 13.2. The molecule has 3 rings (SSSR count). The van der Waals surface area contributed by atoms with E-state index in [1.54, 1.807) is 30.3 Å². The van der Waals surface area contributed by atoms with Crippen molar-refractivity contribution in [3.63, 3.8) is 0 Å². The number of benzene rings is 2. The highest BCUT2D eigenvalue weighted by Crippen LogP contribution is 2.28. The van der Waals surface area contributed by atoms with E-state index in [9.17, 15) is 14.0 Å². The highest BCUT2D eigenvalue weighted by atomic mass is 19.1. The quantitative estimate of drug-likeness (QED) is 0.813. The average Bonchev–Trinajstić information content (AvgIpc) is 3.46. The van der Waals surface area contributed by atoms with E-state index >= 15 is 0 Å². The fourth-order valence-corrected chi connectivity index (χ4v) is 2.31. The molecule has 1 fully saturated rings. The highest BCUT2D eigenvalue weighted by Gasteiger charge is 2.29. The molecule has 2 aromatic rings. The zero-order chi connectivity index (χ0) is 17.6. The molecule has 25 heavy (non-hydrogen) atoms. The summed E-state index contributed by atoms with van der Waals surface area (Å²) in [5, 5.41) is 5.34. The molecule has 0 atom stereocenters. The summed E-state index contributed by atoms with van der Waals surface area (Å²) < 4.78 is 19.3. The Labute approximate surface area is 145 Å². The Morgan fingerprint density at radius 3 is 2.40 bits per heavy atom. The van der Waals surface area contributed by atoms with Gasteiger partial charge in [0.25, 0.3) is 0 Å². The first-order valence-corrected chi connectivity index (χ1v) is 8.18. The molecular weight excluding hydrogens is 323 g/mol. The third-order valence-electron chi connectivity index (χ3n) is 3.88. The lowest BCUT2D eigenvalue weighted by Gasteiger charge is -2.12. The zero-order valence-electron chi connectivity index (χ0n) is 13.6. The first-order chi connectivity index (χ1) is 12.1. The van der Waals surface area contributed by atoms with Crippen LogP contribution in [0.3, 0.4) is 0 Å². The predicted molar refractivity (Wildman–Crippen MR) is 90.5 cm³/mol. The van der Waals surface area contributed by atoms with Crippen LogP contribution in [0, 0.1) is 11.7 Å². The van der Waals surface area contributed by atoms with Crippen molar-refractivity contribution >= 4 is 11.8 Å². The van der Waals surface area contributed by atoms with Crippen molar-refractivity contribution in [3.05, 3.63) is 59.9 Å². The van der Waals surface area contributed by atoms with Gasteiger partial charge in [-0.1, -0.05) is 30.3 Å². The Hall–Kier alpha value is -2.89. The van der Waals surface area contributed by atoms with Crippen LogP contribution in [0.4, 0.5) is 4.39 Å². The fourth-order valence-electron chi connectivity index (χ4n) is 2.31. The third kappa shape index (κ3) is 4.79. The number of carbonyl (C=O) groups excluding carboxylic acids is 2. The average molecular weight is 342 g/mol. The maximum Gasteiger partial charge on any atom is 0.239 e. The molecule has 0 spiro atoms. The summed E-state index contributed by atoms with van der Waals surface area (Å²) in [5.74, 6) is -0.146. The number of nitrogens with one attached hydrogen (secondary N) is 2. The number of para-hydroxylation sites is 2. The topological polar surface area (TPSA) is 67.4 Å². The summed E-state index contributed by atoms with van der Waals surface area (Å²) >= 11 is 0. The minimum Gasteiger partial charge on any atom is -0.454 e. The summed E-state index contributed by atoms with van der Waals surface area (Å²) in [4.78, 5) is 23.4. The maximum atomic E-state index is 13.7. The van der Waals surface area contributed by atoms with Gasteiger partial charge in [0.1, 0.15) is 5.75 Å². The van der Waals surface area contributed by atoms with E-state index in [1.807, 2.05) is 6.07 Å². The fraction of sp³-hybridized carbons (Fsp3) is 0.263. The van der Waals surface area contributed by atoms with Crippen molar-refractivity contribution in [3.8, 4) is 11.5 Å². The molecule has 1 aliphatic carbocycles. The van der Waals surface area contributed by atoms with Gasteiger partial charge in [-0.2, -0.15) is 0 Å². The van der Waals surface area contributed by atoms with E-state index in [0.29, 0.717) is 11.3 Å². The van der Waals surface area contributed by atoms with E-state index < -0.39 is 5.82 Å². The Morgan fingerprint density at radius 1 is 1.00 bits per heavy atom. The zero-order valence-corrected chi connectivity index (χ0v) is 13.6. The smallest absolute Gasteiger partial charge is 0.239 e. The minimum atomic E-state index is -0.455. The van der Waals surface area contributed by atoms with Gasteiger partial charge < -0.3 is 15.4 Å². The molecule has 2 aromatic carbocycles. The number of ether oxygens (including phenoxy) is 1. The molecule has 1 aliphatic rings. The predicted octanol–water partition coefficient (Wildman–Crippen LogP) is 2.76. The number of hydrogen-bond donors (Lipinski definition) is 2. The van der Waals surface area contributed by atoms with E-state index in [4.69, 9.17) is 4.74 Å². The van der Waals surface area contributed by atoms with Gasteiger partial charge in [-0.15, -0.1) is 0 Å². The number of halogens is 1. The maximum absolute atomic E-state index is 13.7. The minimum absolute atomic E-state index is 0.0499. The largest absolute Gasteiger partial charge is 0.454 e. The van der Waals surface area contributed by atoms with Gasteiger partial charge in [0.15, 0.2) is 11.6 Å². The molecule has 1 saturated carbocycles. The molecule has 5 nitrogen and oxygen atoms in total. The van der Waals surface area contributed by atoms with Crippen LogP contribution in [-0.4, -0.2) is 18.4 Å². The Morgan fingerprint density at radius 2 is 1.68 bits per heavy atom. The van der Waals surface area contributed by atoms with Crippen molar-refractivity contribution in [1.29, 1.82) is 0 Å². The van der Waals surface area contributed by atoms with Crippen LogP contribution in [-0.2, 0) is 16.1 Å². The number of amides is 2. The van der Waals surface area contributed by atoms with Crippen molar-refractivity contribution < 1.29 is 18.7 Å². The molecule has 2 amide bonds. The summed E-state index contributed by atoms with van der Waals surface area (Å²) in [7, 11) is 0. The van der Waals surface area contributed by atoms with E-state index in [1.165, 1.54) is 12.1 Å². The molecule has 0 saturated heterocycles. The molecule has 0 unspecified atom stereocenters. The second-order valence-electron chi connectivity index (χ2n) is 5.91. The van der Waals surface area contributed by atoms with Crippen molar-refractivity contribution in [2.45, 2.75) is 19.4 Å². The van der Waals surface area contributed by atoms with Crippen LogP contribution in [0.2, 0.25) is 0 Å². The van der Waals surface area contributed by atoms with Gasteiger partial charge in [-0.05, 0) is 31.0 Å². The monoisotopic (exact) mass is 342 g/mol. The lowest BCUT2D eigenvalue weighted by atomic mass is 10.2. The summed E-state index contributed by atoms with van der Waals surface area (Å²) in [6.07, 6.45) is 1.79. The lowest BCUT2D eigenvalue weighted by Crippen LogP contribution is -2.37. The van der Waals surface area contributed by atoms with E-state index in [0.717, 1.165) is 12.8 Å². The highest BCUT2D eigenvalue weighted by molar-refractivity contribution is 5.86. The summed E-state index contributed by atoms with van der Waals surface area (Å²) in [6.45, 7) is 0.175. The van der Waals surface area contributed by atoms with Gasteiger partial charge in [-0.3, -0.25) is 9.59 Å². The van der Waals surface area contributed by atoms with Gasteiger partial charge in [0.05, 0.1) is 6.54 Å². The van der Waals surface area contributed by atoms with Crippen LogP contribution >= 0.6 is 0 Å². The number of carbonyl (C=O) groups is 2. The molecule has 130 valence electrons. The Kier molecular flexibility index (Phi) is 5.28. The molecule has 0 radical (unpaired) electrons. The lowest BCUT2D eigenvalue weighted by molar-refractivity contribution is -0.126. The van der Waals surface area contributed by atoms with Gasteiger partial charge in [-0.25, -0.2) is 4.39 Å². The normalized spacial score (nSPS) is 13.2. The molecule has 0 aromatic heterocycles. The standard InChI is InChI=1S/C19H19FN2O3/c20-15-6-2-4-8-17(15)25-16-7-3-1-5-14(16)11-21-18(23)12-22-19(24)13-9-10-13/h1-8,13H,9-12H2,(H,21,23)(H,22,24). The second kappa shape index (κ2) is 7.79.